The maximum Gasteiger partial charge on any atom is 0.267 e. The van der Waals surface area contributed by atoms with E-state index in [9.17, 15) is 4.79 Å². The van der Waals surface area contributed by atoms with E-state index < -0.39 is 0 Å². The largest absolute Gasteiger partial charge is 0.355 e. The van der Waals surface area contributed by atoms with E-state index in [0.29, 0.717) is 28.8 Å². The van der Waals surface area contributed by atoms with Gasteiger partial charge in [0.25, 0.3) is 5.56 Å². The van der Waals surface area contributed by atoms with Crippen LogP contribution >= 0.6 is 15.9 Å². The van der Waals surface area contributed by atoms with Gasteiger partial charge in [-0.2, -0.15) is 0 Å². The van der Waals surface area contributed by atoms with Gasteiger partial charge in [0.2, 0.25) is 0 Å². The standard InChI is InChI=1S/C12H19BrN4O/c1-17(9-5-3-2-4-8(9)6-14)11-10(13)12(18)16-7-15-11/h7-9H,2-6,14H2,1H3,(H,15,16,18). The molecule has 2 rings (SSSR count). The van der Waals surface area contributed by atoms with Crippen LogP contribution < -0.4 is 16.2 Å². The highest BCUT2D eigenvalue weighted by Gasteiger charge is 2.29. The molecule has 1 aliphatic rings. The van der Waals surface area contributed by atoms with Crippen molar-refractivity contribution in [2.45, 2.75) is 31.7 Å². The van der Waals surface area contributed by atoms with Crippen LogP contribution in [0.25, 0.3) is 0 Å². The summed E-state index contributed by atoms with van der Waals surface area (Å²) in [6.07, 6.45) is 6.17. The van der Waals surface area contributed by atoms with Crippen LogP contribution in [0, 0.1) is 5.92 Å². The van der Waals surface area contributed by atoms with Crippen LogP contribution in [-0.2, 0) is 0 Å². The van der Waals surface area contributed by atoms with Crippen LogP contribution in [0.3, 0.4) is 0 Å². The first kappa shape index (κ1) is 13.5. The van der Waals surface area contributed by atoms with Crippen LogP contribution in [-0.4, -0.2) is 29.6 Å². The molecule has 3 N–H and O–H groups in total. The number of hydrogen-bond acceptors (Lipinski definition) is 4. The molecular formula is C12H19BrN4O. The third kappa shape index (κ3) is 2.59. The maximum absolute atomic E-state index is 11.6. The van der Waals surface area contributed by atoms with Gasteiger partial charge >= 0.3 is 0 Å². The summed E-state index contributed by atoms with van der Waals surface area (Å²) in [5.74, 6) is 1.18. The summed E-state index contributed by atoms with van der Waals surface area (Å²) in [5.41, 5.74) is 5.70. The highest BCUT2D eigenvalue weighted by molar-refractivity contribution is 9.10. The third-order valence-corrected chi connectivity index (χ3v) is 4.50. The third-order valence-electron chi connectivity index (χ3n) is 3.78. The molecule has 18 heavy (non-hydrogen) atoms. The molecular weight excluding hydrogens is 296 g/mol. The number of nitrogens with two attached hydrogens (primary N) is 1. The topological polar surface area (TPSA) is 75.0 Å². The zero-order chi connectivity index (χ0) is 13.1. The Labute approximate surface area is 115 Å². The average Bonchev–Trinajstić information content (AvgIpc) is 2.41. The van der Waals surface area contributed by atoms with Crippen LogP contribution in [0.2, 0.25) is 0 Å². The van der Waals surface area contributed by atoms with Gasteiger partial charge in [-0.1, -0.05) is 12.8 Å². The van der Waals surface area contributed by atoms with Gasteiger partial charge in [0, 0.05) is 13.1 Å². The van der Waals surface area contributed by atoms with Crippen molar-refractivity contribution in [2.24, 2.45) is 11.7 Å². The minimum Gasteiger partial charge on any atom is -0.355 e. The molecule has 1 saturated carbocycles. The normalized spacial score (nSPS) is 23.9. The molecule has 0 radical (unpaired) electrons. The Morgan fingerprint density at radius 2 is 2.28 bits per heavy atom. The fourth-order valence-corrected chi connectivity index (χ4v) is 3.25. The molecule has 1 aromatic rings. The number of H-pyrrole nitrogens is 1. The quantitative estimate of drug-likeness (QED) is 0.886. The van der Waals surface area contributed by atoms with Crippen molar-refractivity contribution in [1.29, 1.82) is 0 Å². The number of hydrogen-bond donors (Lipinski definition) is 2. The van der Waals surface area contributed by atoms with E-state index in [2.05, 4.69) is 30.8 Å². The summed E-state index contributed by atoms with van der Waals surface area (Å²) >= 11 is 3.31. The Hall–Kier alpha value is -0.880. The van der Waals surface area contributed by atoms with Gasteiger partial charge in [0.05, 0.1) is 6.33 Å². The second-order valence-electron chi connectivity index (χ2n) is 4.83. The summed E-state index contributed by atoms with van der Waals surface area (Å²) in [5, 5.41) is 0. The predicted octanol–water partition coefficient (Wildman–Crippen LogP) is 1.49. The monoisotopic (exact) mass is 314 g/mol. The Balaban J connectivity index is 2.26. The van der Waals surface area contributed by atoms with Crippen LogP contribution in [0.15, 0.2) is 15.6 Å². The van der Waals surface area contributed by atoms with Gasteiger partial charge in [-0.15, -0.1) is 0 Å². The predicted molar refractivity (Wildman–Crippen MR) is 75.8 cm³/mol. The van der Waals surface area contributed by atoms with Crippen molar-refractivity contribution < 1.29 is 0 Å². The van der Waals surface area contributed by atoms with Crippen molar-refractivity contribution in [3.8, 4) is 0 Å². The Morgan fingerprint density at radius 3 is 3.00 bits per heavy atom. The SMILES string of the molecule is CN(c1nc[nH]c(=O)c1Br)C1CCCCC1CN. The molecule has 1 heterocycles. The van der Waals surface area contributed by atoms with E-state index in [1.165, 1.54) is 19.2 Å². The first-order chi connectivity index (χ1) is 8.65. The molecule has 0 aromatic carbocycles. The summed E-state index contributed by atoms with van der Waals surface area (Å²) in [6, 6.07) is 0.370. The number of halogens is 1. The van der Waals surface area contributed by atoms with Gasteiger partial charge in [-0.3, -0.25) is 4.79 Å². The molecule has 2 atom stereocenters. The zero-order valence-corrected chi connectivity index (χ0v) is 12.1. The summed E-state index contributed by atoms with van der Waals surface area (Å²) in [6.45, 7) is 0.690. The molecule has 0 bridgehead atoms. The van der Waals surface area contributed by atoms with E-state index in [4.69, 9.17) is 5.73 Å². The first-order valence-electron chi connectivity index (χ1n) is 6.31. The molecule has 2 unspecified atom stereocenters. The van der Waals surface area contributed by atoms with E-state index >= 15 is 0 Å². The summed E-state index contributed by atoms with van der Waals surface area (Å²) in [7, 11) is 1.99. The van der Waals surface area contributed by atoms with Crippen molar-refractivity contribution in [3.05, 3.63) is 21.2 Å². The number of aromatic amines is 1. The zero-order valence-electron chi connectivity index (χ0n) is 10.5. The molecule has 0 spiro atoms. The van der Waals surface area contributed by atoms with E-state index in [0.717, 1.165) is 12.8 Å². The van der Waals surface area contributed by atoms with Crippen LogP contribution in [0.5, 0.6) is 0 Å². The lowest BCUT2D eigenvalue weighted by Gasteiger charge is -2.38. The van der Waals surface area contributed by atoms with Crippen LogP contribution in [0.4, 0.5) is 5.82 Å². The Kier molecular flexibility index (Phi) is 4.40. The van der Waals surface area contributed by atoms with Crippen LogP contribution in [0.1, 0.15) is 25.7 Å². The second-order valence-corrected chi connectivity index (χ2v) is 5.62. The number of anilines is 1. The Bertz CT molecular complexity index is 462. The molecule has 1 fully saturated rings. The molecule has 0 amide bonds. The van der Waals surface area contributed by atoms with Crippen molar-refractivity contribution in [3.63, 3.8) is 0 Å². The first-order valence-corrected chi connectivity index (χ1v) is 7.10. The van der Waals surface area contributed by atoms with Gasteiger partial charge in [0.1, 0.15) is 10.3 Å². The minimum atomic E-state index is -0.146. The molecule has 100 valence electrons. The lowest BCUT2D eigenvalue weighted by molar-refractivity contribution is 0.305. The van der Waals surface area contributed by atoms with Crippen molar-refractivity contribution in [1.82, 2.24) is 9.97 Å². The van der Waals surface area contributed by atoms with E-state index in [1.807, 2.05) is 7.05 Å². The molecule has 0 saturated heterocycles. The van der Waals surface area contributed by atoms with Gasteiger partial charge in [-0.05, 0) is 41.2 Å². The maximum atomic E-state index is 11.6. The smallest absolute Gasteiger partial charge is 0.267 e. The lowest BCUT2D eigenvalue weighted by atomic mass is 9.84. The molecule has 1 aliphatic carbocycles. The number of nitrogens with zero attached hydrogens (tertiary/aromatic N) is 2. The second kappa shape index (κ2) is 5.84. The fraction of sp³-hybridized carbons (Fsp3) is 0.667. The highest BCUT2D eigenvalue weighted by Crippen LogP contribution is 2.31. The number of aromatic nitrogens is 2. The number of rotatable bonds is 3. The molecule has 1 aromatic heterocycles. The van der Waals surface area contributed by atoms with Crippen molar-refractivity contribution in [2.75, 3.05) is 18.5 Å². The average molecular weight is 315 g/mol. The van der Waals surface area contributed by atoms with Crippen molar-refractivity contribution >= 4 is 21.7 Å². The molecule has 6 heteroatoms. The number of nitrogens with one attached hydrogen (secondary N) is 1. The van der Waals surface area contributed by atoms with Gasteiger partial charge in [0.15, 0.2) is 0 Å². The highest BCUT2D eigenvalue weighted by atomic mass is 79.9. The molecule has 5 nitrogen and oxygen atoms in total. The van der Waals surface area contributed by atoms with Gasteiger partial charge < -0.3 is 15.6 Å². The van der Waals surface area contributed by atoms with Gasteiger partial charge in [-0.25, -0.2) is 4.98 Å². The van der Waals surface area contributed by atoms with E-state index in [1.54, 1.807) is 0 Å². The summed E-state index contributed by atoms with van der Waals surface area (Å²) < 4.78 is 0.494. The summed E-state index contributed by atoms with van der Waals surface area (Å²) in [4.78, 5) is 20.5. The molecule has 0 aliphatic heterocycles. The Morgan fingerprint density at radius 1 is 1.56 bits per heavy atom. The lowest BCUT2D eigenvalue weighted by Crippen LogP contribution is -2.44. The van der Waals surface area contributed by atoms with E-state index in [-0.39, 0.29) is 5.56 Å². The fourth-order valence-electron chi connectivity index (χ4n) is 2.75. The minimum absolute atomic E-state index is 0.146.